The second-order valence-electron chi connectivity index (χ2n) is 4.70. The molecule has 0 aromatic heterocycles. The Hall–Kier alpha value is -1.89. The molecule has 0 unspecified atom stereocenters. The van der Waals surface area contributed by atoms with E-state index in [0.29, 0.717) is 12.3 Å². The molecule has 17 heavy (non-hydrogen) atoms. The summed E-state index contributed by atoms with van der Waals surface area (Å²) in [5, 5.41) is 0. The minimum atomic E-state index is 0.283. The smallest absolute Gasteiger partial charge is 0.163 e. The molecule has 2 aromatic carbocycles. The fourth-order valence-corrected chi connectivity index (χ4v) is 2.54. The first-order valence-corrected chi connectivity index (χ1v) is 5.98. The molecule has 1 aliphatic carbocycles. The van der Waals surface area contributed by atoms with Gasteiger partial charge < -0.3 is 0 Å². The number of ketones is 1. The maximum atomic E-state index is 11.9. The van der Waals surface area contributed by atoms with Crippen LogP contribution in [0.15, 0.2) is 48.5 Å². The number of fused-ring (bicyclic) bond motifs is 1. The van der Waals surface area contributed by atoms with Gasteiger partial charge >= 0.3 is 0 Å². The molecule has 1 aliphatic rings. The molecule has 1 nitrogen and oxygen atoms in total. The molecule has 0 N–H and O–H groups in total. The Morgan fingerprint density at radius 3 is 2.53 bits per heavy atom. The van der Waals surface area contributed by atoms with Gasteiger partial charge in [-0.2, -0.15) is 0 Å². The van der Waals surface area contributed by atoms with Crippen molar-refractivity contribution >= 4 is 5.78 Å². The summed E-state index contributed by atoms with van der Waals surface area (Å²) in [5.41, 5.74) is 4.42. The van der Waals surface area contributed by atoms with Gasteiger partial charge in [0, 0.05) is 12.0 Å². The quantitative estimate of drug-likeness (QED) is 0.711. The highest BCUT2D eigenvalue weighted by Gasteiger charge is 2.25. The number of carbonyl (C=O) groups excluding carboxylic acids is 1. The zero-order valence-corrected chi connectivity index (χ0v) is 9.81. The van der Waals surface area contributed by atoms with Gasteiger partial charge in [-0.15, -0.1) is 0 Å². The lowest BCUT2D eigenvalue weighted by molar-refractivity contribution is 0.0990. The van der Waals surface area contributed by atoms with Crippen LogP contribution in [0.25, 0.3) is 11.1 Å². The summed E-state index contributed by atoms with van der Waals surface area (Å²) in [6.45, 7) is 2.12. The topological polar surface area (TPSA) is 17.1 Å². The van der Waals surface area contributed by atoms with E-state index in [-0.39, 0.29) is 5.78 Å². The van der Waals surface area contributed by atoms with Crippen LogP contribution in [-0.2, 0) is 0 Å². The van der Waals surface area contributed by atoms with E-state index in [9.17, 15) is 4.79 Å². The van der Waals surface area contributed by atoms with Crippen LogP contribution in [0.1, 0.15) is 35.2 Å². The molecule has 0 radical (unpaired) electrons. The monoisotopic (exact) mass is 222 g/mol. The lowest BCUT2D eigenvalue weighted by Crippen LogP contribution is -1.91. The first-order valence-electron chi connectivity index (χ1n) is 5.98. The number of rotatable bonds is 1. The minimum absolute atomic E-state index is 0.283. The van der Waals surface area contributed by atoms with Crippen molar-refractivity contribution in [3.8, 4) is 11.1 Å². The van der Waals surface area contributed by atoms with E-state index in [4.69, 9.17) is 0 Å². The predicted octanol–water partition coefficient (Wildman–Crippen LogP) is 4.04. The molecule has 0 saturated carbocycles. The van der Waals surface area contributed by atoms with Gasteiger partial charge in [0.25, 0.3) is 0 Å². The van der Waals surface area contributed by atoms with Gasteiger partial charge in [-0.25, -0.2) is 0 Å². The molecule has 0 fully saturated rings. The summed E-state index contributed by atoms with van der Waals surface area (Å²) >= 11 is 0. The Labute approximate surface area is 101 Å². The number of Topliss-reactive ketones (excluding diaryl/α,β-unsaturated/α-hetero) is 1. The Balaban J connectivity index is 2.11. The van der Waals surface area contributed by atoms with E-state index in [2.05, 4.69) is 31.2 Å². The third kappa shape index (κ3) is 1.68. The van der Waals surface area contributed by atoms with Gasteiger partial charge in [-0.1, -0.05) is 49.4 Å². The summed E-state index contributed by atoms with van der Waals surface area (Å²) in [7, 11) is 0. The van der Waals surface area contributed by atoms with Crippen molar-refractivity contribution in [1.29, 1.82) is 0 Å². The average Bonchev–Trinajstić information content (AvgIpc) is 2.66. The van der Waals surface area contributed by atoms with Gasteiger partial charge in [0.2, 0.25) is 0 Å². The first kappa shape index (κ1) is 10.3. The van der Waals surface area contributed by atoms with Crippen molar-refractivity contribution in [1.82, 2.24) is 0 Å². The van der Waals surface area contributed by atoms with Crippen LogP contribution < -0.4 is 0 Å². The molecule has 1 atom stereocenters. The number of hydrogen-bond donors (Lipinski definition) is 0. The molecule has 1 heteroatoms. The van der Waals surface area contributed by atoms with Crippen LogP contribution in [0.4, 0.5) is 0 Å². The normalized spacial score (nSPS) is 18.2. The van der Waals surface area contributed by atoms with Crippen LogP contribution >= 0.6 is 0 Å². The fraction of sp³-hybridized carbons (Fsp3) is 0.188. The molecule has 0 amide bonds. The zero-order valence-electron chi connectivity index (χ0n) is 9.81. The van der Waals surface area contributed by atoms with Crippen molar-refractivity contribution in [2.45, 2.75) is 19.3 Å². The number of hydrogen-bond acceptors (Lipinski definition) is 1. The lowest BCUT2D eigenvalue weighted by atomic mass is 9.98. The van der Waals surface area contributed by atoms with Crippen molar-refractivity contribution < 1.29 is 4.79 Å². The summed E-state index contributed by atoms with van der Waals surface area (Å²) < 4.78 is 0. The van der Waals surface area contributed by atoms with E-state index in [1.807, 2.05) is 24.3 Å². The third-order valence-corrected chi connectivity index (χ3v) is 3.48. The molecule has 0 saturated heterocycles. The van der Waals surface area contributed by atoms with E-state index in [1.165, 1.54) is 11.1 Å². The van der Waals surface area contributed by atoms with Crippen LogP contribution in [-0.4, -0.2) is 5.78 Å². The highest BCUT2D eigenvalue weighted by Crippen LogP contribution is 2.35. The summed E-state index contributed by atoms with van der Waals surface area (Å²) in [4.78, 5) is 11.9. The fourth-order valence-electron chi connectivity index (χ4n) is 2.54. The molecule has 0 bridgehead atoms. The number of carbonyl (C=O) groups is 1. The van der Waals surface area contributed by atoms with Crippen LogP contribution in [0, 0.1) is 0 Å². The average molecular weight is 222 g/mol. The third-order valence-electron chi connectivity index (χ3n) is 3.48. The molecule has 0 heterocycles. The van der Waals surface area contributed by atoms with Crippen molar-refractivity contribution in [3.05, 3.63) is 59.7 Å². The summed E-state index contributed by atoms with van der Waals surface area (Å²) in [5.74, 6) is 0.660. The van der Waals surface area contributed by atoms with Gasteiger partial charge in [0.15, 0.2) is 5.78 Å². The maximum absolute atomic E-state index is 11.9. The molecule has 0 spiro atoms. The van der Waals surface area contributed by atoms with Crippen LogP contribution in [0.3, 0.4) is 0 Å². The summed E-state index contributed by atoms with van der Waals surface area (Å²) in [6.07, 6.45) is 0.660. The Bertz CT molecular complexity index is 569. The Kier molecular flexibility index (Phi) is 2.32. The molecule has 2 aromatic rings. The predicted molar refractivity (Wildman–Crippen MR) is 69.2 cm³/mol. The Morgan fingerprint density at radius 2 is 1.76 bits per heavy atom. The Morgan fingerprint density at radius 1 is 1.00 bits per heavy atom. The highest BCUT2D eigenvalue weighted by molar-refractivity contribution is 6.02. The summed E-state index contributed by atoms with van der Waals surface area (Å²) in [6, 6.07) is 16.5. The zero-order chi connectivity index (χ0) is 11.8. The first-order chi connectivity index (χ1) is 8.25. The lowest BCUT2D eigenvalue weighted by Gasteiger charge is -2.06. The molecular weight excluding hydrogens is 208 g/mol. The van der Waals surface area contributed by atoms with Gasteiger partial charge in [0.1, 0.15) is 0 Å². The number of benzene rings is 2. The SMILES string of the molecule is C[C@@H]1CC(=O)c2cc(-c3ccccc3)ccc21. The molecular formula is C16H14O. The van der Waals surface area contributed by atoms with Crippen LogP contribution in [0.5, 0.6) is 0 Å². The minimum Gasteiger partial charge on any atom is -0.294 e. The van der Waals surface area contributed by atoms with E-state index in [0.717, 1.165) is 11.1 Å². The highest BCUT2D eigenvalue weighted by atomic mass is 16.1. The second-order valence-corrected chi connectivity index (χ2v) is 4.70. The molecule has 0 aliphatic heterocycles. The van der Waals surface area contributed by atoms with Crippen molar-refractivity contribution in [2.24, 2.45) is 0 Å². The van der Waals surface area contributed by atoms with E-state index in [1.54, 1.807) is 0 Å². The van der Waals surface area contributed by atoms with Gasteiger partial charge in [-0.05, 0) is 28.7 Å². The largest absolute Gasteiger partial charge is 0.294 e. The van der Waals surface area contributed by atoms with Gasteiger partial charge in [0.05, 0.1) is 0 Å². The second kappa shape index (κ2) is 3.85. The van der Waals surface area contributed by atoms with E-state index >= 15 is 0 Å². The maximum Gasteiger partial charge on any atom is 0.163 e. The molecule has 3 rings (SSSR count). The van der Waals surface area contributed by atoms with Crippen molar-refractivity contribution in [2.75, 3.05) is 0 Å². The standard InChI is InChI=1S/C16H14O/c1-11-9-16(17)15-10-13(7-8-14(11)15)12-5-3-2-4-6-12/h2-8,10-11H,9H2,1H3/t11-/m1/s1. The van der Waals surface area contributed by atoms with E-state index < -0.39 is 0 Å². The van der Waals surface area contributed by atoms with Gasteiger partial charge in [-0.3, -0.25) is 4.79 Å². The van der Waals surface area contributed by atoms with Crippen LogP contribution in [0.2, 0.25) is 0 Å². The van der Waals surface area contributed by atoms with Crippen molar-refractivity contribution in [3.63, 3.8) is 0 Å². The molecule has 84 valence electrons.